The zero-order valence-corrected chi connectivity index (χ0v) is 11.1. The van der Waals surface area contributed by atoms with Crippen molar-refractivity contribution in [2.75, 3.05) is 27.2 Å². The first kappa shape index (κ1) is 14.0. The third-order valence-corrected chi connectivity index (χ3v) is 2.67. The molecule has 1 rings (SSSR count). The molecule has 1 aromatic carbocycles. The summed E-state index contributed by atoms with van der Waals surface area (Å²) in [7, 11) is 4.16. The molecule has 0 unspecified atom stereocenters. The third-order valence-electron chi connectivity index (χ3n) is 2.67. The molecule has 3 nitrogen and oxygen atoms in total. The Morgan fingerprint density at radius 3 is 2.65 bits per heavy atom. The molecule has 0 saturated carbocycles. The summed E-state index contributed by atoms with van der Waals surface area (Å²) in [5, 5.41) is 9.29. The second kappa shape index (κ2) is 7.30. The highest BCUT2D eigenvalue weighted by Crippen LogP contribution is 2.21. The van der Waals surface area contributed by atoms with Gasteiger partial charge >= 0.3 is 0 Å². The molecule has 0 atom stereocenters. The predicted molar refractivity (Wildman–Crippen MR) is 70.4 cm³/mol. The molecular weight excluding hydrogens is 214 g/mol. The van der Waals surface area contributed by atoms with Gasteiger partial charge in [-0.2, -0.15) is 0 Å². The van der Waals surface area contributed by atoms with Crippen LogP contribution in [-0.2, 0) is 13.0 Å². The number of aryl methyl sites for hydroxylation is 1. The van der Waals surface area contributed by atoms with E-state index in [0.717, 1.165) is 30.7 Å². The molecule has 0 aliphatic carbocycles. The largest absolute Gasteiger partial charge is 0.494 e. The van der Waals surface area contributed by atoms with Crippen molar-refractivity contribution < 1.29 is 9.84 Å². The zero-order valence-electron chi connectivity index (χ0n) is 11.1. The Hall–Kier alpha value is -1.06. The Kier molecular flexibility index (Phi) is 6.01. The van der Waals surface area contributed by atoms with Crippen LogP contribution in [0.3, 0.4) is 0 Å². The lowest BCUT2D eigenvalue weighted by atomic mass is 10.1. The van der Waals surface area contributed by atoms with Crippen LogP contribution in [0, 0.1) is 0 Å². The SMILES string of the molecule is CCOc1ccc(CCCN(C)C)cc1CO. The molecule has 3 heteroatoms. The summed E-state index contributed by atoms with van der Waals surface area (Å²) < 4.78 is 5.46. The molecule has 0 heterocycles. The number of rotatable bonds is 7. The van der Waals surface area contributed by atoms with Gasteiger partial charge in [0.25, 0.3) is 0 Å². The van der Waals surface area contributed by atoms with Gasteiger partial charge in [0.1, 0.15) is 5.75 Å². The minimum Gasteiger partial charge on any atom is -0.494 e. The van der Waals surface area contributed by atoms with Gasteiger partial charge in [-0.15, -0.1) is 0 Å². The van der Waals surface area contributed by atoms with E-state index < -0.39 is 0 Å². The molecule has 96 valence electrons. The molecule has 0 aromatic heterocycles. The van der Waals surface area contributed by atoms with Gasteiger partial charge in [-0.25, -0.2) is 0 Å². The summed E-state index contributed by atoms with van der Waals surface area (Å²) in [6.07, 6.45) is 2.17. The molecule has 0 bridgehead atoms. The summed E-state index contributed by atoms with van der Waals surface area (Å²) >= 11 is 0. The van der Waals surface area contributed by atoms with Gasteiger partial charge < -0.3 is 14.7 Å². The smallest absolute Gasteiger partial charge is 0.124 e. The van der Waals surface area contributed by atoms with E-state index in [0.29, 0.717) is 6.61 Å². The molecule has 0 aliphatic heterocycles. The molecule has 0 radical (unpaired) electrons. The Bertz CT molecular complexity index is 337. The van der Waals surface area contributed by atoms with E-state index in [1.165, 1.54) is 5.56 Å². The Labute approximate surface area is 104 Å². The summed E-state index contributed by atoms with van der Waals surface area (Å²) in [5.74, 6) is 0.798. The van der Waals surface area contributed by atoms with Gasteiger partial charge in [0.15, 0.2) is 0 Å². The molecular formula is C14H23NO2. The lowest BCUT2D eigenvalue weighted by Crippen LogP contribution is -2.13. The van der Waals surface area contributed by atoms with Crippen LogP contribution in [0.2, 0.25) is 0 Å². The standard InChI is InChI=1S/C14H23NO2/c1-4-17-14-8-7-12(10-13(14)11-16)6-5-9-15(2)3/h7-8,10,16H,4-6,9,11H2,1-3H3. The lowest BCUT2D eigenvalue weighted by Gasteiger charge is -2.12. The first-order valence-electron chi connectivity index (χ1n) is 6.17. The van der Waals surface area contributed by atoms with Crippen LogP contribution in [0.4, 0.5) is 0 Å². The van der Waals surface area contributed by atoms with Crippen molar-refractivity contribution in [3.63, 3.8) is 0 Å². The van der Waals surface area contributed by atoms with Crippen molar-refractivity contribution in [3.8, 4) is 5.75 Å². The van der Waals surface area contributed by atoms with Crippen LogP contribution in [-0.4, -0.2) is 37.3 Å². The van der Waals surface area contributed by atoms with E-state index in [1.807, 2.05) is 19.1 Å². The Morgan fingerprint density at radius 1 is 1.29 bits per heavy atom. The average molecular weight is 237 g/mol. The fourth-order valence-corrected chi connectivity index (χ4v) is 1.81. The van der Waals surface area contributed by atoms with E-state index in [9.17, 15) is 5.11 Å². The molecule has 0 saturated heterocycles. The molecule has 0 fully saturated rings. The minimum absolute atomic E-state index is 0.0385. The van der Waals surface area contributed by atoms with Crippen LogP contribution >= 0.6 is 0 Å². The topological polar surface area (TPSA) is 32.7 Å². The minimum atomic E-state index is 0.0385. The van der Waals surface area contributed by atoms with Crippen molar-refractivity contribution in [1.82, 2.24) is 4.90 Å². The van der Waals surface area contributed by atoms with Gasteiger partial charge in [-0.1, -0.05) is 6.07 Å². The van der Waals surface area contributed by atoms with Crippen LogP contribution in [0.5, 0.6) is 5.75 Å². The molecule has 0 aliphatic rings. The fourth-order valence-electron chi connectivity index (χ4n) is 1.81. The van der Waals surface area contributed by atoms with Crippen molar-refractivity contribution in [3.05, 3.63) is 29.3 Å². The van der Waals surface area contributed by atoms with Crippen molar-refractivity contribution in [2.45, 2.75) is 26.4 Å². The van der Waals surface area contributed by atoms with Crippen molar-refractivity contribution >= 4 is 0 Å². The molecule has 17 heavy (non-hydrogen) atoms. The number of hydrogen-bond donors (Lipinski definition) is 1. The van der Waals surface area contributed by atoms with Crippen LogP contribution in [0.15, 0.2) is 18.2 Å². The average Bonchev–Trinajstić information content (AvgIpc) is 2.30. The maximum Gasteiger partial charge on any atom is 0.124 e. The summed E-state index contributed by atoms with van der Waals surface area (Å²) in [4.78, 5) is 2.18. The third kappa shape index (κ3) is 4.75. The molecule has 1 aromatic rings. The van der Waals surface area contributed by atoms with Gasteiger partial charge in [0, 0.05) is 5.56 Å². The van der Waals surface area contributed by atoms with Gasteiger partial charge in [-0.05, 0) is 58.1 Å². The van der Waals surface area contributed by atoms with Crippen molar-refractivity contribution in [1.29, 1.82) is 0 Å². The number of hydrogen-bond acceptors (Lipinski definition) is 3. The first-order valence-corrected chi connectivity index (χ1v) is 6.17. The lowest BCUT2D eigenvalue weighted by molar-refractivity contribution is 0.267. The van der Waals surface area contributed by atoms with Crippen molar-refractivity contribution in [2.24, 2.45) is 0 Å². The van der Waals surface area contributed by atoms with Gasteiger partial charge in [0.2, 0.25) is 0 Å². The maximum atomic E-state index is 9.29. The van der Waals surface area contributed by atoms with E-state index in [1.54, 1.807) is 0 Å². The second-order valence-electron chi connectivity index (χ2n) is 4.44. The zero-order chi connectivity index (χ0) is 12.7. The summed E-state index contributed by atoms with van der Waals surface area (Å²) in [6.45, 7) is 3.71. The normalized spacial score (nSPS) is 10.9. The van der Waals surface area contributed by atoms with Crippen LogP contribution in [0.1, 0.15) is 24.5 Å². The van der Waals surface area contributed by atoms with E-state index >= 15 is 0 Å². The van der Waals surface area contributed by atoms with Gasteiger partial charge in [-0.3, -0.25) is 0 Å². The van der Waals surface area contributed by atoms with Crippen LogP contribution < -0.4 is 4.74 Å². The monoisotopic (exact) mass is 237 g/mol. The number of benzene rings is 1. The van der Waals surface area contributed by atoms with E-state index in [2.05, 4.69) is 25.1 Å². The number of ether oxygens (including phenoxy) is 1. The summed E-state index contributed by atoms with van der Waals surface area (Å²) in [5.41, 5.74) is 2.15. The van der Waals surface area contributed by atoms with E-state index in [4.69, 9.17) is 4.74 Å². The number of aliphatic hydroxyl groups is 1. The summed E-state index contributed by atoms with van der Waals surface area (Å²) in [6, 6.07) is 6.08. The fraction of sp³-hybridized carbons (Fsp3) is 0.571. The first-order chi connectivity index (χ1) is 8.17. The van der Waals surface area contributed by atoms with E-state index in [-0.39, 0.29) is 6.61 Å². The molecule has 0 amide bonds. The van der Waals surface area contributed by atoms with Gasteiger partial charge in [0.05, 0.1) is 13.2 Å². The highest BCUT2D eigenvalue weighted by atomic mass is 16.5. The molecule has 0 spiro atoms. The maximum absolute atomic E-state index is 9.29. The Balaban J connectivity index is 2.62. The molecule has 1 N–H and O–H groups in total. The predicted octanol–water partition coefficient (Wildman–Crippen LogP) is 2.07. The Morgan fingerprint density at radius 2 is 2.06 bits per heavy atom. The highest BCUT2D eigenvalue weighted by Gasteiger charge is 2.04. The number of nitrogens with zero attached hydrogens (tertiary/aromatic N) is 1. The number of aliphatic hydroxyl groups excluding tert-OH is 1. The van der Waals surface area contributed by atoms with Crippen LogP contribution in [0.25, 0.3) is 0 Å². The second-order valence-corrected chi connectivity index (χ2v) is 4.44. The highest BCUT2D eigenvalue weighted by molar-refractivity contribution is 5.37. The quantitative estimate of drug-likeness (QED) is 0.788.